The molecule has 54 heavy (non-hydrogen) atoms. The van der Waals surface area contributed by atoms with Gasteiger partial charge in [0.05, 0.1) is 13.2 Å². The molecule has 0 radical (unpaired) electrons. The zero-order valence-electron chi connectivity index (χ0n) is 33.9. The van der Waals surface area contributed by atoms with E-state index in [4.69, 9.17) is 24.8 Å². The van der Waals surface area contributed by atoms with Crippen LogP contribution >= 0.6 is 7.82 Å². The molecule has 0 aliphatic heterocycles. The maximum absolute atomic E-state index is 12.6. The Labute approximate surface area is 328 Å². The van der Waals surface area contributed by atoms with Crippen molar-refractivity contribution in [1.82, 2.24) is 0 Å². The molecule has 0 rings (SSSR count). The Hall–Kier alpha value is -2.04. The molecule has 0 saturated carbocycles. The number of aliphatic carboxylic acids is 1. The van der Waals surface area contributed by atoms with E-state index >= 15 is 0 Å². The smallest absolute Gasteiger partial charge is 0.472 e. The van der Waals surface area contributed by atoms with Gasteiger partial charge in [0.2, 0.25) is 0 Å². The van der Waals surface area contributed by atoms with Crippen LogP contribution in [0.3, 0.4) is 0 Å². The zero-order valence-corrected chi connectivity index (χ0v) is 34.8. The van der Waals surface area contributed by atoms with Crippen LogP contribution in [0.25, 0.3) is 0 Å². The Balaban J connectivity index is 4.36. The van der Waals surface area contributed by atoms with Gasteiger partial charge in [0, 0.05) is 12.8 Å². The lowest BCUT2D eigenvalue weighted by Crippen LogP contribution is -2.34. The van der Waals surface area contributed by atoms with Gasteiger partial charge in [-0.3, -0.25) is 23.4 Å². The highest BCUT2D eigenvalue weighted by Gasteiger charge is 2.28. The van der Waals surface area contributed by atoms with Crippen molar-refractivity contribution in [2.75, 3.05) is 19.8 Å². The number of ether oxygens (including phenoxy) is 2. The molecule has 0 fully saturated rings. The van der Waals surface area contributed by atoms with Gasteiger partial charge in [0.15, 0.2) is 6.10 Å². The molecule has 4 N–H and O–H groups in total. The first-order valence-electron chi connectivity index (χ1n) is 21.3. The molecule has 316 valence electrons. The number of rotatable bonds is 41. The summed E-state index contributed by atoms with van der Waals surface area (Å²) in [6.45, 7) is 4.31. The molecule has 0 aliphatic rings. The molecule has 11 nitrogen and oxygen atoms in total. The standard InChI is InChI=1S/C42H78NO10P/c1-3-5-7-9-11-13-15-17-19-21-23-25-27-29-31-33-40(44)50-35-38(36-51-54(48,49)52-37-39(43)42(46)47)53-41(45)34-32-30-28-26-24-22-20-18-16-14-12-10-8-6-4-2/h3,18,20,38-39H,1,4-17,19,21-37,43H2,2H3,(H,46,47)(H,48,49)/b20-18+/t38-,39+/m1/s1. The Morgan fingerprint density at radius 2 is 1.02 bits per heavy atom. The molecule has 1 unspecified atom stereocenters. The van der Waals surface area contributed by atoms with Crippen molar-refractivity contribution in [3.05, 3.63) is 24.8 Å². The van der Waals surface area contributed by atoms with E-state index in [2.05, 4.69) is 30.2 Å². The van der Waals surface area contributed by atoms with E-state index in [9.17, 15) is 23.8 Å². The first-order valence-corrected chi connectivity index (χ1v) is 22.8. The van der Waals surface area contributed by atoms with E-state index in [1.807, 2.05) is 6.08 Å². The molecule has 0 heterocycles. The Bertz CT molecular complexity index is 1010. The number of hydrogen-bond acceptors (Lipinski definition) is 9. The SMILES string of the molecule is C=CCCCCCCCCCCCCCCCC(=O)OC[C@H](COP(=O)(O)OC[C@H](N)C(=O)O)OC(=O)CCCCCCC/C=C/CCCCCCCC. The quantitative estimate of drug-likeness (QED) is 0.0233. The van der Waals surface area contributed by atoms with Crippen molar-refractivity contribution in [2.24, 2.45) is 5.73 Å². The number of phosphoric acid groups is 1. The van der Waals surface area contributed by atoms with Crippen LogP contribution < -0.4 is 5.73 Å². The summed E-state index contributed by atoms with van der Waals surface area (Å²) in [5, 5.41) is 8.88. The lowest BCUT2D eigenvalue weighted by Gasteiger charge is -2.20. The first-order chi connectivity index (χ1) is 26.1. The summed E-state index contributed by atoms with van der Waals surface area (Å²) in [4.78, 5) is 45.9. The van der Waals surface area contributed by atoms with Crippen molar-refractivity contribution < 1.29 is 47.5 Å². The van der Waals surface area contributed by atoms with Crippen molar-refractivity contribution in [3.8, 4) is 0 Å². The summed E-state index contributed by atoms with van der Waals surface area (Å²) in [5.74, 6) is -2.39. The maximum Gasteiger partial charge on any atom is 0.472 e. The van der Waals surface area contributed by atoms with Crippen molar-refractivity contribution >= 4 is 25.7 Å². The largest absolute Gasteiger partial charge is 0.480 e. The third-order valence-electron chi connectivity index (χ3n) is 9.32. The topological polar surface area (TPSA) is 172 Å². The maximum atomic E-state index is 12.6. The van der Waals surface area contributed by atoms with E-state index in [0.717, 1.165) is 64.2 Å². The number of nitrogens with two attached hydrogens (primary N) is 1. The number of carbonyl (C=O) groups excluding carboxylic acids is 2. The number of carboxylic acid groups (broad SMARTS) is 1. The van der Waals surface area contributed by atoms with E-state index < -0.39 is 51.1 Å². The van der Waals surface area contributed by atoms with E-state index in [1.165, 1.54) is 96.3 Å². The van der Waals surface area contributed by atoms with Crippen LogP contribution in [0.1, 0.15) is 193 Å². The van der Waals surface area contributed by atoms with Crippen molar-refractivity contribution in [1.29, 1.82) is 0 Å². The number of carbonyl (C=O) groups is 3. The van der Waals surface area contributed by atoms with Gasteiger partial charge >= 0.3 is 25.7 Å². The molecule has 0 aromatic carbocycles. The van der Waals surface area contributed by atoms with Crippen LogP contribution in [-0.4, -0.2) is 59.9 Å². The van der Waals surface area contributed by atoms with Crippen LogP contribution in [0, 0.1) is 0 Å². The summed E-state index contributed by atoms with van der Waals surface area (Å²) < 4.78 is 32.7. The Kier molecular flexibility index (Phi) is 36.4. The highest BCUT2D eigenvalue weighted by Crippen LogP contribution is 2.43. The van der Waals surface area contributed by atoms with Gasteiger partial charge in [-0.2, -0.15) is 0 Å². The second-order valence-corrected chi connectivity index (χ2v) is 16.0. The van der Waals surface area contributed by atoms with Gasteiger partial charge in [-0.1, -0.05) is 147 Å². The van der Waals surface area contributed by atoms with Crippen LogP contribution in [-0.2, 0) is 37.5 Å². The minimum atomic E-state index is -4.71. The van der Waals surface area contributed by atoms with Crippen molar-refractivity contribution in [2.45, 2.75) is 205 Å². The average Bonchev–Trinajstić information content (AvgIpc) is 3.14. The highest BCUT2D eigenvalue weighted by molar-refractivity contribution is 7.47. The monoisotopic (exact) mass is 788 g/mol. The number of phosphoric ester groups is 1. The molecular weight excluding hydrogens is 709 g/mol. The lowest BCUT2D eigenvalue weighted by molar-refractivity contribution is -0.161. The minimum absolute atomic E-state index is 0.153. The molecular formula is C42H78NO10P. The second-order valence-electron chi connectivity index (χ2n) is 14.6. The molecule has 12 heteroatoms. The van der Waals surface area contributed by atoms with Gasteiger partial charge < -0.3 is 25.2 Å². The van der Waals surface area contributed by atoms with Crippen LogP contribution in [0.15, 0.2) is 24.8 Å². The first kappa shape index (κ1) is 52.0. The lowest BCUT2D eigenvalue weighted by atomic mass is 10.0. The van der Waals surface area contributed by atoms with Gasteiger partial charge in [0.1, 0.15) is 12.6 Å². The van der Waals surface area contributed by atoms with Gasteiger partial charge in [0.25, 0.3) is 0 Å². The van der Waals surface area contributed by atoms with E-state index in [0.29, 0.717) is 12.8 Å². The Morgan fingerprint density at radius 1 is 0.611 bits per heavy atom. The van der Waals surface area contributed by atoms with Gasteiger partial charge in [-0.05, 0) is 51.4 Å². The highest BCUT2D eigenvalue weighted by atomic mass is 31.2. The number of esters is 2. The summed E-state index contributed by atoms with van der Waals surface area (Å²) >= 11 is 0. The molecule has 0 saturated heterocycles. The van der Waals surface area contributed by atoms with Gasteiger partial charge in [-0.15, -0.1) is 6.58 Å². The summed E-state index contributed by atoms with van der Waals surface area (Å²) in [6.07, 6.45) is 37.0. The fourth-order valence-corrected chi connectivity index (χ4v) is 6.70. The molecule has 0 spiro atoms. The predicted octanol–water partition coefficient (Wildman–Crippen LogP) is 11.1. The fourth-order valence-electron chi connectivity index (χ4n) is 5.92. The second kappa shape index (κ2) is 37.9. The Morgan fingerprint density at radius 3 is 1.48 bits per heavy atom. The summed E-state index contributed by atoms with van der Waals surface area (Å²) in [6, 6.07) is -1.52. The minimum Gasteiger partial charge on any atom is -0.480 e. The average molecular weight is 788 g/mol. The molecule has 0 aliphatic carbocycles. The number of hydrogen-bond donors (Lipinski definition) is 3. The third kappa shape index (κ3) is 36.9. The van der Waals surface area contributed by atoms with E-state index in [-0.39, 0.29) is 19.4 Å². The third-order valence-corrected chi connectivity index (χ3v) is 10.3. The normalized spacial score (nSPS) is 13.8. The molecule has 3 atom stereocenters. The molecule has 0 aromatic rings. The van der Waals surface area contributed by atoms with Crippen molar-refractivity contribution in [3.63, 3.8) is 0 Å². The predicted molar refractivity (Wildman–Crippen MR) is 217 cm³/mol. The summed E-state index contributed by atoms with van der Waals surface area (Å²) in [5.41, 5.74) is 5.33. The molecule has 0 aromatic heterocycles. The zero-order chi connectivity index (χ0) is 40.0. The fraction of sp³-hybridized carbons (Fsp3) is 0.833. The van der Waals surface area contributed by atoms with Crippen LogP contribution in [0.5, 0.6) is 0 Å². The van der Waals surface area contributed by atoms with Crippen LogP contribution in [0.4, 0.5) is 0 Å². The number of allylic oxidation sites excluding steroid dienone is 3. The molecule has 0 amide bonds. The van der Waals surface area contributed by atoms with Gasteiger partial charge in [-0.25, -0.2) is 4.57 Å². The number of carboxylic acids is 1. The summed E-state index contributed by atoms with van der Waals surface area (Å²) in [7, 11) is -4.71. The molecule has 0 bridgehead atoms. The van der Waals surface area contributed by atoms with E-state index in [1.54, 1.807) is 0 Å². The number of unbranched alkanes of at least 4 members (excludes halogenated alkanes) is 24. The van der Waals surface area contributed by atoms with Crippen LogP contribution in [0.2, 0.25) is 0 Å².